The average molecular weight is 598 g/mol. The van der Waals surface area contributed by atoms with Gasteiger partial charge in [-0.05, 0) is 54.1 Å². The Kier molecular flexibility index (Phi) is 9.94. The van der Waals surface area contributed by atoms with Crippen molar-refractivity contribution in [3.8, 4) is 28.5 Å². The molecule has 0 saturated heterocycles. The molecule has 1 heterocycles. The predicted octanol–water partition coefficient (Wildman–Crippen LogP) is 4.02. The number of carbonyl (C=O) groups is 2. The molecule has 9 nitrogen and oxygen atoms in total. The second kappa shape index (κ2) is 13.0. The second-order valence-corrected chi connectivity index (χ2v) is 9.20. The van der Waals surface area contributed by atoms with E-state index in [1.54, 1.807) is 0 Å². The molecule has 0 aliphatic carbocycles. The number of carbonyl (C=O) groups excluding carboxylic acids is 2. The van der Waals surface area contributed by atoms with Crippen LogP contribution in [0.15, 0.2) is 48.5 Å². The van der Waals surface area contributed by atoms with E-state index in [0.717, 1.165) is 24.3 Å². The molecule has 226 valence electrons. The quantitative estimate of drug-likeness (QED) is 0.269. The maximum Gasteiger partial charge on any atom is 0.424 e. The Hall–Kier alpha value is -4.46. The smallest absolute Gasteiger partial charge is 0.424 e. The summed E-state index contributed by atoms with van der Waals surface area (Å²) in [6.45, 7) is -1.27. The minimum absolute atomic E-state index is 0.00260. The summed E-state index contributed by atoms with van der Waals surface area (Å²) < 4.78 is 86.0. The number of aromatic nitrogens is 1. The molecule has 0 saturated carbocycles. The maximum atomic E-state index is 14.3. The summed E-state index contributed by atoms with van der Waals surface area (Å²) >= 11 is 0. The molecule has 2 aromatic carbocycles. The number of methoxy groups -OCH3 is 2. The van der Waals surface area contributed by atoms with Crippen LogP contribution in [0.4, 0.5) is 22.0 Å². The topological polar surface area (TPSA) is 133 Å². The van der Waals surface area contributed by atoms with Gasteiger partial charge in [0.05, 0.1) is 33.1 Å². The van der Waals surface area contributed by atoms with Gasteiger partial charge in [0.2, 0.25) is 5.60 Å². The molecule has 0 fully saturated rings. The van der Waals surface area contributed by atoms with Gasteiger partial charge in [0.25, 0.3) is 11.8 Å². The lowest BCUT2D eigenvalue weighted by atomic mass is 9.95. The monoisotopic (exact) mass is 597 g/mol. The van der Waals surface area contributed by atoms with Gasteiger partial charge in [-0.15, -0.1) is 0 Å². The summed E-state index contributed by atoms with van der Waals surface area (Å²) in [5, 5.41) is 13.0. The van der Waals surface area contributed by atoms with E-state index in [1.807, 2.05) is 0 Å². The van der Waals surface area contributed by atoms with Crippen molar-refractivity contribution in [3.05, 3.63) is 71.2 Å². The molecule has 3 aromatic rings. The molecule has 1 aromatic heterocycles. The van der Waals surface area contributed by atoms with Crippen LogP contribution in [0.5, 0.6) is 17.2 Å². The Labute approximate surface area is 237 Å². The van der Waals surface area contributed by atoms with Gasteiger partial charge >= 0.3 is 6.18 Å². The van der Waals surface area contributed by atoms with Crippen molar-refractivity contribution < 1.29 is 50.9 Å². The van der Waals surface area contributed by atoms with Crippen molar-refractivity contribution in [2.45, 2.75) is 24.6 Å². The fraction of sp³-hybridized carbons (Fsp3) is 0.321. The van der Waals surface area contributed by atoms with Crippen LogP contribution in [0.3, 0.4) is 0 Å². The average Bonchev–Trinajstić information content (AvgIpc) is 2.97. The molecule has 0 radical (unpaired) electrons. The van der Waals surface area contributed by atoms with Gasteiger partial charge in [-0.25, -0.2) is 9.37 Å². The number of rotatable bonds is 12. The third-order valence-electron chi connectivity index (χ3n) is 6.30. The van der Waals surface area contributed by atoms with Crippen molar-refractivity contribution in [1.82, 2.24) is 10.3 Å². The van der Waals surface area contributed by atoms with Gasteiger partial charge < -0.3 is 30.4 Å². The van der Waals surface area contributed by atoms with Crippen molar-refractivity contribution in [3.63, 3.8) is 0 Å². The number of benzene rings is 2. The zero-order valence-electron chi connectivity index (χ0n) is 22.7. The standard InChI is InChI=1S/C28H28F5N3O6/c1-15(12-29)18-10-16(4-6-19(18)30)25-21(40-2)8-9-23(36-25)27(39,28(31,32)33)14-35-26(38)17-5-7-20(22(11-17)41-3)42-13-24(34)37/h4-11,15,39H,12-14H2,1-3H3,(H2,34,37)(H,35,38). The molecule has 2 unspecified atom stereocenters. The number of amides is 2. The van der Waals surface area contributed by atoms with Crippen molar-refractivity contribution in [2.75, 3.05) is 34.0 Å². The Bertz CT molecular complexity index is 1450. The minimum Gasteiger partial charge on any atom is -0.494 e. The third kappa shape index (κ3) is 6.87. The Morgan fingerprint density at radius 2 is 1.69 bits per heavy atom. The van der Waals surface area contributed by atoms with Crippen molar-refractivity contribution >= 4 is 11.8 Å². The number of hydrogen-bond acceptors (Lipinski definition) is 7. The zero-order valence-corrected chi connectivity index (χ0v) is 22.7. The number of nitrogens with zero attached hydrogens (tertiary/aromatic N) is 1. The van der Waals surface area contributed by atoms with E-state index in [2.05, 4.69) is 10.3 Å². The van der Waals surface area contributed by atoms with E-state index in [-0.39, 0.29) is 39.6 Å². The lowest BCUT2D eigenvalue weighted by molar-refractivity contribution is -0.265. The molecule has 0 aliphatic rings. The summed E-state index contributed by atoms with van der Waals surface area (Å²) in [4.78, 5) is 27.7. The van der Waals surface area contributed by atoms with Crippen LogP contribution in [0.1, 0.15) is 34.5 Å². The lowest BCUT2D eigenvalue weighted by Crippen LogP contribution is -2.51. The van der Waals surface area contributed by atoms with E-state index >= 15 is 0 Å². The molecule has 14 heteroatoms. The molecule has 2 atom stereocenters. The number of hydrogen-bond donors (Lipinski definition) is 3. The fourth-order valence-electron chi connectivity index (χ4n) is 3.92. The number of primary amides is 1. The Balaban J connectivity index is 1.97. The van der Waals surface area contributed by atoms with Gasteiger partial charge in [-0.2, -0.15) is 13.2 Å². The lowest BCUT2D eigenvalue weighted by Gasteiger charge is -2.30. The van der Waals surface area contributed by atoms with Crippen LogP contribution >= 0.6 is 0 Å². The van der Waals surface area contributed by atoms with Gasteiger partial charge in [-0.1, -0.05) is 6.92 Å². The van der Waals surface area contributed by atoms with Crippen LogP contribution in [0.25, 0.3) is 11.3 Å². The Morgan fingerprint density at radius 3 is 2.29 bits per heavy atom. The van der Waals surface area contributed by atoms with Gasteiger partial charge in [-0.3, -0.25) is 14.0 Å². The van der Waals surface area contributed by atoms with E-state index in [9.17, 15) is 36.6 Å². The maximum absolute atomic E-state index is 14.3. The van der Waals surface area contributed by atoms with E-state index in [1.165, 1.54) is 45.4 Å². The molecule has 3 rings (SSSR count). The SMILES string of the molecule is COc1cc(C(=O)NCC(O)(c2ccc(OC)c(-c3ccc(F)c(C(C)CF)c3)n2)C(F)(F)F)ccc1OCC(N)=O. The van der Waals surface area contributed by atoms with E-state index in [4.69, 9.17) is 19.9 Å². The van der Waals surface area contributed by atoms with Crippen LogP contribution in [-0.4, -0.2) is 62.1 Å². The molecular weight excluding hydrogens is 569 g/mol. The molecule has 0 aliphatic heterocycles. The number of aliphatic hydroxyl groups is 1. The summed E-state index contributed by atoms with van der Waals surface area (Å²) in [6, 6.07) is 9.13. The number of alkyl halides is 4. The number of nitrogens with one attached hydrogen (secondary N) is 1. The zero-order chi connectivity index (χ0) is 31.2. The Morgan fingerprint density at radius 1 is 1.02 bits per heavy atom. The molecule has 2 amide bonds. The number of ether oxygens (including phenoxy) is 3. The molecular formula is C28H28F5N3O6. The highest BCUT2D eigenvalue weighted by Gasteiger charge is 2.56. The van der Waals surface area contributed by atoms with Crippen LogP contribution in [0, 0.1) is 5.82 Å². The van der Waals surface area contributed by atoms with Crippen LogP contribution in [-0.2, 0) is 10.4 Å². The molecule has 42 heavy (non-hydrogen) atoms. The number of halogens is 5. The molecule has 4 N–H and O–H groups in total. The summed E-state index contributed by atoms with van der Waals surface area (Å²) in [5.41, 5.74) is 0.249. The largest absolute Gasteiger partial charge is 0.494 e. The second-order valence-electron chi connectivity index (χ2n) is 9.20. The normalized spacial score (nSPS) is 13.5. The highest BCUT2D eigenvalue weighted by atomic mass is 19.4. The van der Waals surface area contributed by atoms with Crippen LogP contribution in [0.2, 0.25) is 0 Å². The van der Waals surface area contributed by atoms with Crippen molar-refractivity contribution in [1.29, 1.82) is 0 Å². The summed E-state index contributed by atoms with van der Waals surface area (Å²) in [6.07, 6.45) is -5.32. The van der Waals surface area contributed by atoms with Crippen molar-refractivity contribution in [2.24, 2.45) is 5.73 Å². The van der Waals surface area contributed by atoms with Crippen LogP contribution < -0.4 is 25.3 Å². The summed E-state index contributed by atoms with van der Waals surface area (Å²) in [5.74, 6) is -3.27. The van der Waals surface area contributed by atoms with Gasteiger partial charge in [0.15, 0.2) is 18.1 Å². The minimum atomic E-state index is -5.32. The summed E-state index contributed by atoms with van der Waals surface area (Å²) in [7, 11) is 2.48. The first-order valence-corrected chi connectivity index (χ1v) is 12.3. The number of pyridine rings is 1. The molecule has 0 bridgehead atoms. The highest BCUT2D eigenvalue weighted by molar-refractivity contribution is 5.95. The van der Waals surface area contributed by atoms with Gasteiger partial charge in [0.1, 0.15) is 17.3 Å². The van der Waals surface area contributed by atoms with E-state index < -0.39 is 60.8 Å². The molecule has 0 spiro atoms. The highest BCUT2D eigenvalue weighted by Crippen LogP contribution is 2.40. The first-order chi connectivity index (χ1) is 19.7. The number of nitrogens with two attached hydrogens (primary N) is 1. The first kappa shape index (κ1) is 32.1. The van der Waals surface area contributed by atoms with E-state index in [0.29, 0.717) is 0 Å². The predicted molar refractivity (Wildman–Crippen MR) is 141 cm³/mol. The third-order valence-corrected chi connectivity index (χ3v) is 6.30. The fourth-order valence-corrected chi connectivity index (χ4v) is 3.92. The van der Waals surface area contributed by atoms with Gasteiger partial charge in [0, 0.05) is 17.0 Å². The first-order valence-electron chi connectivity index (χ1n) is 12.3.